The molecule has 0 unspecified atom stereocenters. The molecule has 0 saturated carbocycles. The molecule has 0 fully saturated rings. The fourth-order valence-electron chi connectivity index (χ4n) is 3.74. The Balaban J connectivity index is 1.85. The zero-order chi connectivity index (χ0) is 20.7. The van der Waals surface area contributed by atoms with Gasteiger partial charge in [0.1, 0.15) is 0 Å². The Morgan fingerprint density at radius 3 is 2.38 bits per heavy atom. The summed E-state index contributed by atoms with van der Waals surface area (Å²) in [5.74, 6) is 0. The van der Waals surface area contributed by atoms with E-state index in [-0.39, 0.29) is 5.56 Å². The lowest BCUT2D eigenvalue weighted by Gasteiger charge is -2.15. The smallest absolute Gasteiger partial charge is 0.258 e. The van der Waals surface area contributed by atoms with Crippen molar-refractivity contribution in [1.29, 1.82) is 0 Å². The van der Waals surface area contributed by atoms with Gasteiger partial charge in [0.15, 0.2) is 5.65 Å². The number of hydrogen-bond donors (Lipinski definition) is 1. The predicted molar refractivity (Wildman–Crippen MR) is 118 cm³/mol. The van der Waals surface area contributed by atoms with E-state index in [1.54, 1.807) is 4.57 Å². The highest BCUT2D eigenvalue weighted by Crippen LogP contribution is 2.25. The number of anilines is 1. The molecular weight excluding hydrogens is 360 g/mol. The fourth-order valence-corrected chi connectivity index (χ4v) is 3.74. The Hall–Kier alpha value is -3.34. The second-order valence-electron chi connectivity index (χ2n) is 7.68. The Kier molecular flexibility index (Phi) is 4.74. The van der Waals surface area contributed by atoms with Crippen LogP contribution in [0.5, 0.6) is 0 Å². The molecule has 0 aliphatic rings. The number of nitrogens with one attached hydrogen (secondary N) is 1. The van der Waals surface area contributed by atoms with E-state index in [0.29, 0.717) is 6.54 Å². The van der Waals surface area contributed by atoms with Gasteiger partial charge in [-0.25, -0.2) is 4.98 Å². The summed E-state index contributed by atoms with van der Waals surface area (Å²) in [7, 11) is 0. The van der Waals surface area contributed by atoms with Crippen molar-refractivity contribution in [2.45, 2.75) is 41.2 Å². The lowest BCUT2D eigenvalue weighted by atomic mass is 10.0. The molecule has 5 heteroatoms. The third-order valence-corrected chi connectivity index (χ3v) is 5.70. The highest BCUT2D eigenvalue weighted by atomic mass is 16.1. The zero-order valence-corrected chi connectivity index (χ0v) is 17.6. The molecule has 1 aromatic carbocycles. The van der Waals surface area contributed by atoms with Crippen LogP contribution in [0.4, 0.5) is 5.69 Å². The van der Waals surface area contributed by atoms with Gasteiger partial charge in [0.2, 0.25) is 0 Å². The summed E-state index contributed by atoms with van der Waals surface area (Å²) in [5, 5.41) is 3.57. The highest BCUT2D eigenvalue weighted by Gasteiger charge is 2.13. The molecule has 3 aromatic heterocycles. The van der Waals surface area contributed by atoms with Crippen LogP contribution in [-0.2, 0) is 6.54 Å². The Morgan fingerprint density at radius 2 is 1.66 bits per heavy atom. The molecule has 148 valence electrons. The summed E-state index contributed by atoms with van der Waals surface area (Å²) in [4.78, 5) is 17.5. The molecule has 4 aromatic rings. The topological polar surface area (TPSA) is 51.3 Å². The second kappa shape index (κ2) is 7.24. The summed E-state index contributed by atoms with van der Waals surface area (Å²) in [6, 6.07) is 12.1. The summed E-state index contributed by atoms with van der Waals surface area (Å²) >= 11 is 0. The summed E-state index contributed by atoms with van der Waals surface area (Å²) < 4.78 is 3.75. The van der Waals surface area contributed by atoms with E-state index in [1.807, 2.05) is 51.4 Å². The molecule has 0 aliphatic heterocycles. The van der Waals surface area contributed by atoms with Crippen LogP contribution in [-0.4, -0.2) is 14.0 Å². The first-order valence-electron chi connectivity index (χ1n) is 9.83. The number of hydrogen-bond acceptors (Lipinski definition) is 3. The van der Waals surface area contributed by atoms with Gasteiger partial charge in [0.25, 0.3) is 5.56 Å². The fraction of sp³-hybridized carbons (Fsp3) is 0.250. The average Bonchev–Trinajstić information content (AvgIpc) is 2.98. The Labute approximate surface area is 170 Å². The van der Waals surface area contributed by atoms with Crippen LogP contribution in [0.25, 0.3) is 11.3 Å². The van der Waals surface area contributed by atoms with Crippen molar-refractivity contribution in [2.75, 3.05) is 5.32 Å². The van der Waals surface area contributed by atoms with E-state index in [2.05, 4.69) is 41.8 Å². The number of pyridine rings is 2. The van der Waals surface area contributed by atoms with Gasteiger partial charge < -0.3 is 9.72 Å². The minimum Gasteiger partial charge on any atom is -0.378 e. The van der Waals surface area contributed by atoms with E-state index in [1.165, 1.54) is 16.7 Å². The van der Waals surface area contributed by atoms with Crippen LogP contribution in [0.3, 0.4) is 0 Å². The number of fused-ring (bicyclic) bond motifs is 1. The average molecular weight is 386 g/mol. The van der Waals surface area contributed by atoms with Crippen molar-refractivity contribution < 1.29 is 0 Å². The number of aromatic nitrogens is 3. The van der Waals surface area contributed by atoms with E-state index in [9.17, 15) is 4.79 Å². The summed E-state index contributed by atoms with van der Waals surface area (Å²) in [6.07, 6.45) is 3.79. The normalized spacial score (nSPS) is 11.2. The van der Waals surface area contributed by atoms with Crippen molar-refractivity contribution in [3.63, 3.8) is 0 Å². The molecule has 0 amide bonds. The number of benzene rings is 1. The van der Waals surface area contributed by atoms with Crippen molar-refractivity contribution in [2.24, 2.45) is 0 Å². The van der Waals surface area contributed by atoms with Crippen molar-refractivity contribution in [1.82, 2.24) is 14.0 Å². The van der Waals surface area contributed by atoms with Crippen LogP contribution in [0.15, 0.2) is 53.6 Å². The molecule has 1 N–H and O–H groups in total. The largest absolute Gasteiger partial charge is 0.378 e. The zero-order valence-electron chi connectivity index (χ0n) is 17.6. The predicted octanol–water partition coefficient (Wildman–Crippen LogP) is 4.64. The van der Waals surface area contributed by atoms with Gasteiger partial charge in [-0.1, -0.05) is 24.3 Å². The Bertz CT molecular complexity index is 1260. The first-order chi connectivity index (χ1) is 13.9. The van der Waals surface area contributed by atoms with Crippen LogP contribution in [0.2, 0.25) is 0 Å². The molecule has 0 saturated heterocycles. The second-order valence-corrected chi connectivity index (χ2v) is 7.68. The van der Waals surface area contributed by atoms with Crippen LogP contribution >= 0.6 is 0 Å². The van der Waals surface area contributed by atoms with Crippen LogP contribution in [0, 0.1) is 34.6 Å². The van der Waals surface area contributed by atoms with Crippen LogP contribution in [0.1, 0.15) is 33.6 Å². The molecule has 0 atom stereocenters. The Morgan fingerprint density at radius 1 is 0.966 bits per heavy atom. The first-order valence-corrected chi connectivity index (χ1v) is 9.83. The minimum atomic E-state index is -0.0120. The molecular formula is C24H26N4O. The third-order valence-electron chi connectivity index (χ3n) is 5.70. The number of nitrogens with zero attached hydrogens (tertiary/aromatic N) is 3. The third kappa shape index (κ3) is 3.33. The molecule has 0 bridgehead atoms. The van der Waals surface area contributed by atoms with Gasteiger partial charge in [-0.15, -0.1) is 0 Å². The van der Waals surface area contributed by atoms with Gasteiger partial charge in [0.05, 0.1) is 17.1 Å². The van der Waals surface area contributed by atoms with Gasteiger partial charge in [-0.05, 0) is 63.4 Å². The summed E-state index contributed by atoms with van der Waals surface area (Å²) in [5.41, 5.74) is 9.15. The van der Waals surface area contributed by atoms with E-state index >= 15 is 0 Å². The lowest BCUT2D eigenvalue weighted by molar-refractivity contribution is 0.945. The molecule has 0 spiro atoms. The van der Waals surface area contributed by atoms with Crippen molar-refractivity contribution >= 4 is 11.3 Å². The van der Waals surface area contributed by atoms with Gasteiger partial charge in [0, 0.05) is 30.2 Å². The standard InChI is InChI=1S/C24H26N4O/c1-15-8-6-9-16(2)21(15)13-25-22-12-20(27-11-7-10-17(3)24(27)29)14-28-19(5)18(4)26-23(22)28/h6-12,14,25H,13H2,1-5H3. The maximum Gasteiger partial charge on any atom is 0.258 e. The maximum atomic E-state index is 12.7. The summed E-state index contributed by atoms with van der Waals surface area (Å²) in [6.45, 7) is 10.9. The molecule has 0 radical (unpaired) electrons. The molecule has 4 rings (SSSR count). The monoisotopic (exact) mass is 386 g/mol. The first kappa shape index (κ1) is 19.0. The van der Waals surface area contributed by atoms with Gasteiger partial charge in [-0.3, -0.25) is 9.36 Å². The molecule has 0 aliphatic carbocycles. The minimum absolute atomic E-state index is 0.0120. The lowest BCUT2D eigenvalue weighted by Crippen LogP contribution is -2.20. The SMILES string of the molecule is Cc1cccc(C)c1CNc1cc(-n2cccc(C)c2=O)cn2c(C)c(C)nc12. The number of aryl methyl sites for hydroxylation is 5. The quantitative estimate of drug-likeness (QED) is 0.556. The van der Waals surface area contributed by atoms with Crippen molar-refractivity contribution in [3.05, 3.63) is 92.8 Å². The molecule has 3 heterocycles. The van der Waals surface area contributed by atoms with E-state index < -0.39 is 0 Å². The highest BCUT2D eigenvalue weighted by molar-refractivity contribution is 5.71. The van der Waals surface area contributed by atoms with Crippen molar-refractivity contribution in [3.8, 4) is 5.69 Å². The van der Waals surface area contributed by atoms with E-state index in [4.69, 9.17) is 4.98 Å². The number of imidazole rings is 1. The molecule has 29 heavy (non-hydrogen) atoms. The number of rotatable bonds is 4. The van der Waals surface area contributed by atoms with Crippen LogP contribution < -0.4 is 10.9 Å². The maximum absolute atomic E-state index is 12.7. The van der Waals surface area contributed by atoms with Gasteiger partial charge in [-0.2, -0.15) is 0 Å². The molecule has 5 nitrogen and oxygen atoms in total. The van der Waals surface area contributed by atoms with E-state index in [0.717, 1.165) is 34.0 Å². The van der Waals surface area contributed by atoms with Gasteiger partial charge >= 0.3 is 0 Å².